The second-order valence-electron chi connectivity index (χ2n) is 6.55. The van der Waals surface area contributed by atoms with Crippen LogP contribution in [-0.4, -0.2) is 47.8 Å². The predicted octanol–water partition coefficient (Wildman–Crippen LogP) is 4.18. The molecule has 1 amide bonds. The highest BCUT2D eigenvalue weighted by Gasteiger charge is 2.25. The van der Waals surface area contributed by atoms with Crippen LogP contribution < -0.4 is 4.90 Å². The maximum atomic E-state index is 14.4. The minimum Gasteiger partial charge on any atom is -0.366 e. The summed E-state index contributed by atoms with van der Waals surface area (Å²) < 4.78 is 14.4. The van der Waals surface area contributed by atoms with Crippen molar-refractivity contribution in [3.8, 4) is 10.6 Å². The Morgan fingerprint density at radius 3 is 2.54 bits per heavy atom. The minimum absolute atomic E-state index is 0.0928. The van der Waals surface area contributed by atoms with E-state index >= 15 is 0 Å². The molecule has 0 spiro atoms. The molecule has 1 saturated heterocycles. The molecule has 1 aromatic carbocycles. The van der Waals surface area contributed by atoms with Gasteiger partial charge in [0.15, 0.2) is 5.78 Å². The van der Waals surface area contributed by atoms with Crippen molar-refractivity contribution in [2.24, 2.45) is 0 Å². The lowest BCUT2D eigenvalue weighted by molar-refractivity contribution is 0.0741. The Morgan fingerprint density at radius 2 is 1.89 bits per heavy atom. The summed E-state index contributed by atoms with van der Waals surface area (Å²) in [6, 6.07) is 6.54. The molecule has 0 radical (unpaired) electrons. The Hall–Kier alpha value is -2.58. The van der Waals surface area contributed by atoms with Gasteiger partial charge < -0.3 is 9.80 Å². The van der Waals surface area contributed by atoms with E-state index in [-0.39, 0.29) is 11.7 Å². The first-order valence-corrected chi connectivity index (χ1v) is 10.7. The van der Waals surface area contributed by atoms with Gasteiger partial charge in [0.05, 0.1) is 5.69 Å². The Bertz CT molecular complexity index is 1010. The standard InChI is InChI=1S/C20H18FN3O2S2/c1-13(25)14-2-3-18(16(21)10-14)23-5-7-24(8-6-23)20(26)17-12-28-19(22-17)15-4-9-27-11-15/h2-4,9-12H,5-8H2,1H3. The Morgan fingerprint density at radius 1 is 1.11 bits per heavy atom. The zero-order valence-corrected chi connectivity index (χ0v) is 16.9. The molecule has 0 atom stereocenters. The molecule has 8 heteroatoms. The number of halogens is 1. The van der Waals surface area contributed by atoms with Gasteiger partial charge in [0, 0.05) is 48.1 Å². The van der Waals surface area contributed by atoms with Crippen LogP contribution in [0.3, 0.4) is 0 Å². The number of thiazole rings is 1. The summed E-state index contributed by atoms with van der Waals surface area (Å²) in [6.07, 6.45) is 0. The number of amides is 1. The highest BCUT2D eigenvalue weighted by Crippen LogP contribution is 2.27. The number of rotatable bonds is 4. The second kappa shape index (κ2) is 7.81. The fourth-order valence-corrected chi connectivity index (χ4v) is 4.69. The molecule has 1 fully saturated rings. The molecule has 3 heterocycles. The molecule has 4 rings (SSSR count). The molecular weight excluding hydrogens is 397 g/mol. The van der Waals surface area contributed by atoms with Crippen molar-refractivity contribution in [2.75, 3.05) is 31.1 Å². The number of carbonyl (C=O) groups excluding carboxylic acids is 2. The van der Waals surface area contributed by atoms with Gasteiger partial charge in [-0.2, -0.15) is 11.3 Å². The number of nitrogens with zero attached hydrogens (tertiary/aromatic N) is 3. The number of piperazine rings is 1. The SMILES string of the molecule is CC(=O)c1ccc(N2CCN(C(=O)c3csc(-c4ccsc4)n3)CC2)c(F)c1. The summed E-state index contributed by atoms with van der Waals surface area (Å²) >= 11 is 3.06. The van der Waals surface area contributed by atoms with E-state index in [1.807, 2.05) is 21.7 Å². The van der Waals surface area contributed by atoms with E-state index in [2.05, 4.69) is 4.98 Å². The Kier molecular flexibility index (Phi) is 5.23. The number of carbonyl (C=O) groups is 2. The van der Waals surface area contributed by atoms with E-state index in [9.17, 15) is 14.0 Å². The van der Waals surface area contributed by atoms with E-state index in [4.69, 9.17) is 0 Å². The molecule has 28 heavy (non-hydrogen) atoms. The van der Waals surface area contributed by atoms with Crippen LogP contribution in [0.15, 0.2) is 40.4 Å². The fraction of sp³-hybridized carbons (Fsp3) is 0.250. The smallest absolute Gasteiger partial charge is 0.273 e. The van der Waals surface area contributed by atoms with E-state index in [1.165, 1.54) is 24.3 Å². The summed E-state index contributed by atoms with van der Waals surface area (Å²) in [5, 5.41) is 6.63. The number of benzene rings is 1. The largest absolute Gasteiger partial charge is 0.366 e. The molecule has 144 valence electrons. The van der Waals surface area contributed by atoms with Crippen LogP contribution in [0.1, 0.15) is 27.8 Å². The topological polar surface area (TPSA) is 53.5 Å². The van der Waals surface area contributed by atoms with Crippen LogP contribution in [0.4, 0.5) is 10.1 Å². The third-order valence-corrected chi connectivity index (χ3v) is 6.33. The number of aromatic nitrogens is 1. The van der Waals surface area contributed by atoms with Crippen LogP contribution in [0.5, 0.6) is 0 Å². The highest BCUT2D eigenvalue weighted by atomic mass is 32.1. The molecule has 1 aliphatic heterocycles. The number of hydrogen-bond acceptors (Lipinski definition) is 6. The van der Waals surface area contributed by atoms with Crippen LogP contribution in [0.2, 0.25) is 0 Å². The molecule has 0 unspecified atom stereocenters. The van der Waals surface area contributed by atoms with Crippen LogP contribution in [0.25, 0.3) is 10.6 Å². The summed E-state index contributed by atoms with van der Waals surface area (Å²) in [7, 11) is 0. The van der Waals surface area contributed by atoms with Gasteiger partial charge in [-0.1, -0.05) is 0 Å². The summed E-state index contributed by atoms with van der Waals surface area (Å²) in [5.74, 6) is -0.664. The molecular formula is C20H18FN3O2S2. The molecule has 0 bridgehead atoms. The lowest BCUT2D eigenvalue weighted by Crippen LogP contribution is -2.49. The zero-order valence-electron chi connectivity index (χ0n) is 15.2. The molecule has 3 aromatic rings. The van der Waals surface area contributed by atoms with Crippen LogP contribution >= 0.6 is 22.7 Å². The highest BCUT2D eigenvalue weighted by molar-refractivity contribution is 7.14. The van der Waals surface area contributed by atoms with E-state index < -0.39 is 5.82 Å². The van der Waals surface area contributed by atoms with Gasteiger partial charge in [-0.25, -0.2) is 9.37 Å². The van der Waals surface area contributed by atoms with Crippen molar-refractivity contribution in [1.29, 1.82) is 0 Å². The van der Waals surface area contributed by atoms with Crippen molar-refractivity contribution in [3.05, 3.63) is 57.5 Å². The van der Waals surface area contributed by atoms with Crippen LogP contribution in [0, 0.1) is 5.82 Å². The Labute approximate surface area is 170 Å². The monoisotopic (exact) mass is 415 g/mol. The zero-order chi connectivity index (χ0) is 19.7. The van der Waals surface area contributed by atoms with Gasteiger partial charge >= 0.3 is 0 Å². The third kappa shape index (κ3) is 3.70. The lowest BCUT2D eigenvalue weighted by atomic mass is 10.1. The van der Waals surface area contributed by atoms with E-state index in [1.54, 1.807) is 33.7 Å². The van der Waals surface area contributed by atoms with Gasteiger partial charge in [-0.3, -0.25) is 9.59 Å². The average molecular weight is 416 g/mol. The van der Waals surface area contributed by atoms with Gasteiger partial charge in [-0.05, 0) is 36.6 Å². The van der Waals surface area contributed by atoms with Crippen molar-refractivity contribution in [2.45, 2.75) is 6.92 Å². The lowest BCUT2D eigenvalue weighted by Gasteiger charge is -2.36. The maximum Gasteiger partial charge on any atom is 0.273 e. The minimum atomic E-state index is -0.410. The maximum absolute atomic E-state index is 14.4. The second-order valence-corrected chi connectivity index (χ2v) is 8.19. The average Bonchev–Trinajstić information content (AvgIpc) is 3.39. The number of ketones is 1. The molecule has 1 aliphatic rings. The first-order chi connectivity index (χ1) is 13.5. The summed E-state index contributed by atoms with van der Waals surface area (Å²) in [6.45, 7) is 3.48. The Balaban J connectivity index is 1.41. The summed E-state index contributed by atoms with van der Waals surface area (Å²) in [4.78, 5) is 32.3. The predicted molar refractivity (Wildman–Crippen MR) is 110 cm³/mol. The first-order valence-electron chi connectivity index (χ1n) is 8.86. The van der Waals surface area contributed by atoms with Crippen molar-refractivity contribution in [1.82, 2.24) is 9.88 Å². The van der Waals surface area contributed by atoms with Gasteiger partial charge in [0.25, 0.3) is 5.91 Å². The normalized spacial score (nSPS) is 14.4. The molecule has 0 aliphatic carbocycles. The van der Waals surface area contributed by atoms with Gasteiger partial charge in [0.2, 0.25) is 0 Å². The molecule has 0 N–H and O–H groups in total. The van der Waals surface area contributed by atoms with Crippen molar-refractivity contribution in [3.63, 3.8) is 0 Å². The molecule has 2 aromatic heterocycles. The number of anilines is 1. The fourth-order valence-electron chi connectivity index (χ4n) is 3.19. The van der Waals surface area contributed by atoms with E-state index in [0.717, 1.165) is 10.6 Å². The van der Waals surface area contributed by atoms with Gasteiger partial charge in [-0.15, -0.1) is 11.3 Å². The number of hydrogen-bond donors (Lipinski definition) is 0. The van der Waals surface area contributed by atoms with Crippen molar-refractivity contribution >= 4 is 40.1 Å². The third-order valence-electron chi connectivity index (χ3n) is 4.75. The van der Waals surface area contributed by atoms with Crippen LogP contribution in [-0.2, 0) is 0 Å². The van der Waals surface area contributed by atoms with Crippen molar-refractivity contribution < 1.29 is 14.0 Å². The number of thiophene rings is 1. The first kappa shape index (κ1) is 18.8. The molecule has 5 nitrogen and oxygen atoms in total. The van der Waals surface area contributed by atoms with E-state index in [0.29, 0.717) is 43.1 Å². The van der Waals surface area contributed by atoms with Gasteiger partial charge in [0.1, 0.15) is 16.5 Å². The quantitative estimate of drug-likeness (QED) is 0.600. The number of Topliss-reactive ketones (excluding diaryl/α,β-unsaturated/α-hetero) is 1. The summed E-state index contributed by atoms with van der Waals surface area (Å²) in [5.41, 5.74) is 2.31. The molecule has 0 saturated carbocycles.